The number of rotatable bonds is 6. The Labute approximate surface area is 168 Å². The van der Waals surface area contributed by atoms with Crippen LogP contribution < -0.4 is 10.3 Å². The van der Waals surface area contributed by atoms with E-state index in [2.05, 4.69) is 9.97 Å². The number of fused-ring (bicyclic) bond motifs is 1. The van der Waals surface area contributed by atoms with Crippen LogP contribution >= 0.6 is 0 Å². The van der Waals surface area contributed by atoms with Gasteiger partial charge in [0.25, 0.3) is 5.56 Å². The molecule has 0 saturated heterocycles. The molecule has 0 atom stereocenters. The number of nitrogens with zero attached hydrogens (tertiary/aromatic N) is 2. The topological polar surface area (TPSA) is 80.1 Å². The molecule has 2 aromatic heterocycles. The minimum Gasteiger partial charge on any atom is -0.493 e. The number of ether oxygens (including phenoxy) is 1. The quantitative estimate of drug-likeness (QED) is 0.526. The minimum absolute atomic E-state index is 0.0540. The Balaban J connectivity index is 1.74. The lowest BCUT2D eigenvalue weighted by Crippen LogP contribution is -2.25. The minimum atomic E-state index is -0.307. The van der Waals surface area contributed by atoms with Gasteiger partial charge in [-0.2, -0.15) is 0 Å². The Kier molecular flexibility index (Phi) is 4.94. The third-order valence-electron chi connectivity index (χ3n) is 4.84. The van der Waals surface area contributed by atoms with E-state index in [1.54, 1.807) is 0 Å². The fourth-order valence-corrected chi connectivity index (χ4v) is 3.13. The van der Waals surface area contributed by atoms with Crippen molar-refractivity contribution in [2.24, 2.45) is 5.41 Å². The molecule has 6 nitrogen and oxygen atoms in total. The highest BCUT2D eigenvalue weighted by Gasteiger charge is 2.18. The lowest BCUT2D eigenvalue weighted by Gasteiger charge is -2.21. The van der Waals surface area contributed by atoms with Crippen LogP contribution in [0, 0.1) is 5.41 Å². The molecule has 0 aliphatic carbocycles. The zero-order valence-electron chi connectivity index (χ0n) is 16.4. The molecule has 0 aliphatic heterocycles. The summed E-state index contributed by atoms with van der Waals surface area (Å²) in [5, 5.41) is 9.37. The second-order valence-corrected chi connectivity index (χ2v) is 7.81. The van der Waals surface area contributed by atoms with Crippen molar-refractivity contribution in [1.82, 2.24) is 14.5 Å². The highest BCUT2D eigenvalue weighted by molar-refractivity contribution is 5.93. The van der Waals surface area contributed by atoms with E-state index in [1.165, 1.54) is 6.33 Å². The number of benzene rings is 2. The Morgan fingerprint density at radius 3 is 2.52 bits per heavy atom. The largest absolute Gasteiger partial charge is 0.493 e. The highest BCUT2D eigenvalue weighted by Crippen LogP contribution is 2.30. The molecule has 2 aromatic carbocycles. The maximum absolute atomic E-state index is 12.6. The molecule has 0 bridgehead atoms. The van der Waals surface area contributed by atoms with Crippen molar-refractivity contribution in [2.45, 2.75) is 13.8 Å². The number of aromatic amines is 1. The van der Waals surface area contributed by atoms with Gasteiger partial charge in [0.15, 0.2) is 0 Å². The maximum atomic E-state index is 12.6. The van der Waals surface area contributed by atoms with Gasteiger partial charge in [0, 0.05) is 22.9 Å². The number of hydrogen-bond donors (Lipinski definition) is 2. The Hall–Kier alpha value is -3.38. The van der Waals surface area contributed by atoms with Crippen LogP contribution in [0.5, 0.6) is 5.75 Å². The first kappa shape index (κ1) is 19.0. The average Bonchev–Trinajstić information content (AvgIpc) is 3.14. The summed E-state index contributed by atoms with van der Waals surface area (Å²) in [7, 11) is 0. The summed E-state index contributed by atoms with van der Waals surface area (Å²) in [4.78, 5) is 19.7. The van der Waals surface area contributed by atoms with E-state index in [0.29, 0.717) is 23.4 Å². The van der Waals surface area contributed by atoms with Gasteiger partial charge in [0.2, 0.25) is 0 Å². The molecular weight excluding hydrogens is 366 g/mol. The number of aliphatic hydroxyl groups is 1. The van der Waals surface area contributed by atoms with Gasteiger partial charge in [-0.1, -0.05) is 44.2 Å². The summed E-state index contributed by atoms with van der Waals surface area (Å²) in [6, 6.07) is 17.4. The van der Waals surface area contributed by atoms with Crippen LogP contribution in [-0.2, 0) is 0 Å². The normalized spacial score (nSPS) is 11.7. The second kappa shape index (κ2) is 7.56. The van der Waals surface area contributed by atoms with Gasteiger partial charge in [-0.25, -0.2) is 4.98 Å². The molecule has 4 aromatic rings. The molecule has 6 heteroatoms. The van der Waals surface area contributed by atoms with Crippen molar-refractivity contribution in [3.8, 4) is 22.6 Å². The first-order chi connectivity index (χ1) is 14.0. The number of aromatic nitrogens is 3. The van der Waals surface area contributed by atoms with Crippen molar-refractivity contribution in [3.05, 3.63) is 77.5 Å². The molecule has 4 rings (SSSR count). The van der Waals surface area contributed by atoms with E-state index >= 15 is 0 Å². The first-order valence-electron chi connectivity index (χ1n) is 9.47. The second-order valence-electron chi connectivity index (χ2n) is 7.81. The molecule has 0 saturated carbocycles. The third-order valence-corrected chi connectivity index (χ3v) is 4.84. The van der Waals surface area contributed by atoms with Gasteiger partial charge in [-0.05, 0) is 29.8 Å². The monoisotopic (exact) mass is 389 g/mol. The van der Waals surface area contributed by atoms with Gasteiger partial charge < -0.3 is 19.4 Å². The first-order valence-corrected chi connectivity index (χ1v) is 9.47. The molecule has 2 N–H and O–H groups in total. The van der Waals surface area contributed by atoms with E-state index in [1.807, 2.05) is 79.2 Å². The van der Waals surface area contributed by atoms with E-state index in [-0.39, 0.29) is 17.6 Å². The van der Waals surface area contributed by atoms with Crippen molar-refractivity contribution in [3.63, 3.8) is 0 Å². The zero-order chi connectivity index (χ0) is 20.4. The van der Waals surface area contributed by atoms with Gasteiger partial charge in [-0.15, -0.1) is 0 Å². The van der Waals surface area contributed by atoms with Crippen LogP contribution in [-0.4, -0.2) is 32.9 Å². The van der Waals surface area contributed by atoms with E-state index in [9.17, 15) is 9.90 Å². The molecule has 0 unspecified atom stereocenters. The van der Waals surface area contributed by atoms with Crippen molar-refractivity contribution < 1.29 is 9.84 Å². The van der Waals surface area contributed by atoms with Crippen LogP contribution in [0.4, 0.5) is 0 Å². The Morgan fingerprint density at radius 2 is 1.83 bits per heavy atom. The van der Waals surface area contributed by atoms with Crippen LogP contribution in [0.2, 0.25) is 0 Å². The van der Waals surface area contributed by atoms with Crippen molar-refractivity contribution in [1.29, 1.82) is 0 Å². The SMILES string of the molecule is CC(C)(CO)COc1ccc(-n2cc(-c3ccccc3)c3nc[nH]c(=O)c32)cc1. The standard InChI is InChI=1S/C23H23N3O3/c1-23(2,13-27)14-29-18-10-8-17(9-11-18)26-12-19(16-6-4-3-5-7-16)20-21(26)22(28)25-15-24-20/h3-12,15,27H,13-14H2,1-2H3,(H,24,25,28). The maximum Gasteiger partial charge on any atom is 0.275 e. The predicted octanol–water partition coefficient (Wildman–Crippen LogP) is 3.78. The summed E-state index contributed by atoms with van der Waals surface area (Å²) in [6.07, 6.45) is 3.37. The average molecular weight is 389 g/mol. The van der Waals surface area contributed by atoms with Gasteiger partial charge in [0.1, 0.15) is 16.8 Å². The van der Waals surface area contributed by atoms with Gasteiger partial charge in [-0.3, -0.25) is 4.79 Å². The molecule has 0 aliphatic rings. The molecular formula is C23H23N3O3. The van der Waals surface area contributed by atoms with Crippen LogP contribution in [0.25, 0.3) is 27.8 Å². The fraction of sp³-hybridized carbons (Fsp3) is 0.217. The summed E-state index contributed by atoms with van der Waals surface area (Å²) in [5.74, 6) is 0.710. The third kappa shape index (κ3) is 3.79. The highest BCUT2D eigenvalue weighted by atomic mass is 16.5. The predicted molar refractivity (Wildman–Crippen MR) is 113 cm³/mol. The van der Waals surface area contributed by atoms with Crippen LogP contribution in [0.15, 0.2) is 71.9 Å². The summed E-state index contributed by atoms with van der Waals surface area (Å²) in [5.41, 5.74) is 3.40. The number of nitrogens with one attached hydrogen (secondary N) is 1. The summed E-state index contributed by atoms with van der Waals surface area (Å²) >= 11 is 0. The Bertz CT molecular complexity index is 1180. The smallest absolute Gasteiger partial charge is 0.275 e. The lowest BCUT2D eigenvalue weighted by atomic mass is 9.97. The molecule has 0 fully saturated rings. The Morgan fingerprint density at radius 1 is 1.10 bits per heavy atom. The summed E-state index contributed by atoms with van der Waals surface area (Å²) < 4.78 is 7.64. The molecule has 148 valence electrons. The van der Waals surface area contributed by atoms with Gasteiger partial charge >= 0.3 is 0 Å². The lowest BCUT2D eigenvalue weighted by molar-refractivity contribution is 0.0976. The number of hydrogen-bond acceptors (Lipinski definition) is 4. The van der Waals surface area contributed by atoms with E-state index in [0.717, 1.165) is 16.8 Å². The molecule has 2 heterocycles. The molecule has 0 radical (unpaired) electrons. The van der Waals surface area contributed by atoms with Gasteiger partial charge in [0.05, 0.1) is 19.5 Å². The summed E-state index contributed by atoms with van der Waals surface area (Å²) in [6.45, 7) is 4.35. The zero-order valence-corrected chi connectivity index (χ0v) is 16.4. The van der Waals surface area contributed by atoms with Crippen molar-refractivity contribution in [2.75, 3.05) is 13.2 Å². The fourth-order valence-electron chi connectivity index (χ4n) is 3.13. The van der Waals surface area contributed by atoms with Crippen molar-refractivity contribution >= 4 is 11.0 Å². The van der Waals surface area contributed by atoms with E-state index in [4.69, 9.17) is 4.74 Å². The molecule has 0 amide bonds. The number of H-pyrrole nitrogens is 1. The molecule has 0 spiro atoms. The van der Waals surface area contributed by atoms with Crippen LogP contribution in [0.1, 0.15) is 13.8 Å². The van der Waals surface area contributed by atoms with Crippen LogP contribution in [0.3, 0.4) is 0 Å². The van der Waals surface area contributed by atoms with E-state index < -0.39 is 0 Å². The number of aliphatic hydroxyl groups excluding tert-OH is 1. The molecule has 29 heavy (non-hydrogen) atoms.